The molecule has 5 atom stereocenters. The van der Waals surface area contributed by atoms with E-state index in [1.54, 1.807) is 30.6 Å². The highest BCUT2D eigenvalue weighted by Crippen LogP contribution is 2.57. The molecule has 1 saturated carbocycles. The van der Waals surface area contributed by atoms with Crippen molar-refractivity contribution in [1.29, 1.82) is 0 Å². The summed E-state index contributed by atoms with van der Waals surface area (Å²) in [6.07, 6.45) is 4.66. The molecule has 5 rings (SSSR count). The van der Waals surface area contributed by atoms with Gasteiger partial charge in [0.15, 0.2) is 5.78 Å². The van der Waals surface area contributed by atoms with Crippen molar-refractivity contribution < 1.29 is 33.0 Å². The van der Waals surface area contributed by atoms with Gasteiger partial charge in [-0.05, 0) is 88.7 Å². The first-order chi connectivity index (χ1) is 26.8. The second-order valence-corrected chi connectivity index (χ2v) is 23.8. The summed E-state index contributed by atoms with van der Waals surface area (Å²) < 4.78 is 23.6. The minimum absolute atomic E-state index is 0.0527. The number of hydrogen-bond donors (Lipinski definition) is 0. The number of ketones is 2. The van der Waals surface area contributed by atoms with Gasteiger partial charge in [0.2, 0.25) is 0 Å². The zero-order valence-corrected chi connectivity index (χ0v) is 36.8. The van der Waals surface area contributed by atoms with Gasteiger partial charge in [0.05, 0.1) is 20.8 Å². The van der Waals surface area contributed by atoms with E-state index in [2.05, 4.69) is 89.7 Å². The van der Waals surface area contributed by atoms with Crippen LogP contribution in [0.5, 0.6) is 11.5 Å². The van der Waals surface area contributed by atoms with Crippen molar-refractivity contribution in [2.45, 2.75) is 75.8 Å². The number of esters is 1. The fraction of sp³-hybridized carbons (Fsp3) is 0.500. The molecule has 0 aromatic heterocycles. The van der Waals surface area contributed by atoms with Gasteiger partial charge in [0.1, 0.15) is 27.3 Å². The summed E-state index contributed by atoms with van der Waals surface area (Å²) in [5.74, 6) is 0.174. The molecular formula is C46H60O7S2Si. The predicted octanol–water partition coefficient (Wildman–Crippen LogP) is 8.78. The standard InChI is InChI=1S/C46H60O7S2Si/c1-9-10-22-38(42(48)46(54-29-17-30-55-46)33(2)27-28-52-35-25-23-34(50-7)24-26-35)41-40(43(49)51-8)39(47)31-45(41,6)32-53-56(44(3,4)5,36-18-13-11-14-19-36)37-20-15-12-16-21-37/h9,11-16,18-21,23-26,33,38,40-41H,1,10,17,22,27-32H2,2-8H3/t33?,38?,40-,41+,45-/m1/s1. The van der Waals surface area contributed by atoms with Crippen molar-refractivity contribution in [2.75, 3.05) is 38.9 Å². The summed E-state index contributed by atoms with van der Waals surface area (Å²) in [6.45, 7) is 15.6. The lowest BCUT2D eigenvalue weighted by Gasteiger charge is -2.48. The first kappa shape index (κ1) is 43.8. The summed E-state index contributed by atoms with van der Waals surface area (Å²) in [7, 11) is -0.0617. The van der Waals surface area contributed by atoms with Gasteiger partial charge in [0, 0.05) is 24.4 Å². The van der Waals surface area contributed by atoms with Crippen molar-refractivity contribution in [1.82, 2.24) is 0 Å². The molecule has 0 spiro atoms. The van der Waals surface area contributed by atoms with Crippen LogP contribution in [0.2, 0.25) is 5.04 Å². The van der Waals surface area contributed by atoms with E-state index in [9.17, 15) is 9.59 Å². The predicted molar refractivity (Wildman–Crippen MR) is 233 cm³/mol. The van der Waals surface area contributed by atoms with Crippen molar-refractivity contribution in [3.05, 3.63) is 97.6 Å². The van der Waals surface area contributed by atoms with E-state index < -0.39 is 41.5 Å². The number of hydrogen-bond acceptors (Lipinski definition) is 9. The maximum Gasteiger partial charge on any atom is 0.316 e. The van der Waals surface area contributed by atoms with Crippen LogP contribution in [0.15, 0.2) is 97.6 Å². The Morgan fingerprint density at radius 1 is 0.911 bits per heavy atom. The van der Waals surface area contributed by atoms with Crippen LogP contribution in [0.3, 0.4) is 0 Å². The van der Waals surface area contributed by atoms with Crippen LogP contribution in [0, 0.1) is 29.1 Å². The molecule has 0 bridgehead atoms. The van der Waals surface area contributed by atoms with E-state index in [0.29, 0.717) is 25.9 Å². The van der Waals surface area contributed by atoms with Crippen molar-refractivity contribution >= 4 is 59.8 Å². The topological polar surface area (TPSA) is 88.1 Å². The molecule has 0 amide bonds. The first-order valence-corrected chi connectivity index (χ1v) is 23.7. The number of methoxy groups -OCH3 is 2. The van der Waals surface area contributed by atoms with Crippen LogP contribution in [0.1, 0.15) is 66.7 Å². The van der Waals surface area contributed by atoms with Gasteiger partial charge in [-0.1, -0.05) is 101 Å². The number of rotatable bonds is 18. The van der Waals surface area contributed by atoms with E-state index >= 15 is 4.79 Å². The first-order valence-electron chi connectivity index (χ1n) is 19.8. The van der Waals surface area contributed by atoms with E-state index in [1.165, 1.54) is 7.11 Å². The summed E-state index contributed by atoms with van der Waals surface area (Å²) in [6, 6.07) is 28.4. The molecule has 0 radical (unpaired) electrons. The summed E-state index contributed by atoms with van der Waals surface area (Å²) >= 11 is 3.44. The number of ether oxygens (including phenoxy) is 3. The Morgan fingerprint density at radius 3 is 2.00 bits per heavy atom. The monoisotopic (exact) mass is 816 g/mol. The van der Waals surface area contributed by atoms with E-state index in [-0.39, 0.29) is 35.6 Å². The van der Waals surface area contributed by atoms with Crippen LogP contribution in [0.25, 0.3) is 0 Å². The highest BCUT2D eigenvalue weighted by atomic mass is 32.2. The van der Waals surface area contributed by atoms with Crippen LogP contribution in [0.4, 0.5) is 0 Å². The van der Waals surface area contributed by atoms with Crippen molar-refractivity contribution in [2.24, 2.45) is 29.1 Å². The number of allylic oxidation sites excluding steroid dienone is 1. The van der Waals surface area contributed by atoms with Crippen molar-refractivity contribution in [3.63, 3.8) is 0 Å². The third-order valence-electron chi connectivity index (χ3n) is 11.8. The molecule has 7 nitrogen and oxygen atoms in total. The highest BCUT2D eigenvalue weighted by molar-refractivity contribution is 8.20. The number of thioether (sulfide) groups is 2. The summed E-state index contributed by atoms with van der Waals surface area (Å²) in [5, 5.41) is 1.96. The second kappa shape index (κ2) is 19.0. The van der Waals surface area contributed by atoms with Crippen molar-refractivity contribution in [3.8, 4) is 11.5 Å². The molecule has 1 aliphatic carbocycles. The Bertz CT molecular complexity index is 1730. The molecule has 1 heterocycles. The Balaban J connectivity index is 1.55. The van der Waals surface area contributed by atoms with Gasteiger partial charge in [0.25, 0.3) is 8.32 Å². The Kier molecular flexibility index (Phi) is 14.8. The molecule has 1 saturated heterocycles. The molecule has 3 aromatic rings. The zero-order valence-electron chi connectivity index (χ0n) is 34.2. The number of carbonyl (C=O) groups excluding carboxylic acids is 3. The molecule has 1 aliphatic heterocycles. The molecule has 2 unspecified atom stereocenters. The largest absolute Gasteiger partial charge is 0.497 e. The van der Waals surface area contributed by atoms with Gasteiger partial charge in [-0.2, -0.15) is 0 Å². The summed E-state index contributed by atoms with van der Waals surface area (Å²) in [5.41, 5.74) is -0.837. The van der Waals surface area contributed by atoms with Gasteiger partial charge in [-0.3, -0.25) is 14.4 Å². The molecule has 302 valence electrons. The Morgan fingerprint density at radius 2 is 1.48 bits per heavy atom. The highest BCUT2D eigenvalue weighted by Gasteiger charge is 2.62. The quantitative estimate of drug-likeness (QED) is 0.0542. The fourth-order valence-electron chi connectivity index (χ4n) is 9.00. The van der Waals surface area contributed by atoms with E-state index in [0.717, 1.165) is 39.8 Å². The SMILES string of the molecule is C=CCCC(C(=O)C1(C(C)CCOc2ccc(OC)cc2)SCCCS1)[C@H]1[C@H](C(=O)OC)C(=O)C[C@]1(C)CO[Si](c1ccccc1)(c1ccccc1)C(C)(C)C. The van der Waals surface area contributed by atoms with Crippen LogP contribution >= 0.6 is 23.5 Å². The minimum Gasteiger partial charge on any atom is -0.497 e. The molecule has 3 aromatic carbocycles. The lowest BCUT2D eigenvalue weighted by atomic mass is 9.66. The molecule has 56 heavy (non-hydrogen) atoms. The maximum absolute atomic E-state index is 15.7. The lowest BCUT2D eigenvalue weighted by Crippen LogP contribution is -2.67. The Labute approximate surface area is 344 Å². The van der Waals surface area contributed by atoms with Gasteiger partial charge < -0.3 is 18.6 Å². The number of Topliss-reactive ketones (excluding diaryl/α,β-unsaturated/α-hetero) is 2. The number of benzene rings is 3. The lowest BCUT2D eigenvalue weighted by molar-refractivity contribution is -0.152. The number of carbonyl (C=O) groups is 3. The maximum atomic E-state index is 15.7. The average molecular weight is 817 g/mol. The van der Waals surface area contributed by atoms with E-state index in [4.69, 9.17) is 18.6 Å². The minimum atomic E-state index is -3.03. The third kappa shape index (κ3) is 9.03. The molecular weight excluding hydrogens is 757 g/mol. The molecule has 2 fully saturated rings. The van der Waals surface area contributed by atoms with Gasteiger partial charge in [-0.25, -0.2) is 0 Å². The fourth-order valence-corrected chi connectivity index (χ4v) is 17.3. The third-order valence-corrected chi connectivity index (χ3v) is 20.6. The molecule has 2 aliphatic rings. The van der Waals surface area contributed by atoms with Crippen LogP contribution in [-0.4, -0.2) is 68.9 Å². The molecule has 10 heteroatoms. The molecule has 0 N–H and O–H groups in total. The smallest absolute Gasteiger partial charge is 0.316 e. The second-order valence-electron chi connectivity index (χ2n) is 16.5. The normalized spacial score (nSPS) is 22.2. The average Bonchev–Trinajstić information content (AvgIpc) is 3.47. The Hall–Kier alpha value is -3.31. The van der Waals surface area contributed by atoms with Gasteiger partial charge >= 0.3 is 5.97 Å². The zero-order chi connectivity index (χ0) is 40.6. The summed E-state index contributed by atoms with van der Waals surface area (Å²) in [4.78, 5) is 43.7. The van der Waals surface area contributed by atoms with Crippen LogP contribution < -0.4 is 19.8 Å². The van der Waals surface area contributed by atoms with Gasteiger partial charge in [-0.15, -0.1) is 30.1 Å². The van der Waals surface area contributed by atoms with E-state index in [1.807, 2.05) is 42.5 Å². The van der Waals surface area contributed by atoms with Crippen LogP contribution in [-0.2, 0) is 23.5 Å².